The summed E-state index contributed by atoms with van der Waals surface area (Å²) >= 11 is 0. The van der Waals surface area contributed by atoms with Crippen LogP contribution in [0.2, 0.25) is 0 Å². The minimum Gasteiger partial charge on any atom is -0.505 e. The van der Waals surface area contributed by atoms with Crippen molar-refractivity contribution in [3.05, 3.63) is 70.9 Å². The standard InChI is InChI=1S/C27H20N6O12S2/c28-46(41,42)14-5-1-12(2-6-14)30-32-19-22(37)18-23(38)25(40)26(11-9-16(34)21(36)17(35)10-11)45-27(18)20(24(19)39)33-31-13-3-7-15(8-4-13)47(29,43)44/h1-10,34-37,39-40H,(H2,28,41,42)(H2,29,43,44). The van der Waals surface area contributed by atoms with Gasteiger partial charge in [-0.15, -0.1) is 10.2 Å². The highest BCUT2D eigenvalue weighted by Gasteiger charge is 2.28. The van der Waals surface area contributed by atoms with E-state index in [1.165, 1.54) is 24.3 Å². The average Bonchev–Trinajstić information content (AvgIpc) is 3.00. The van der Waals surface area contributed by atoms with Gasteiger partial charge >= 0.3 is 0 Å². The average molecular weight is 685 g/mol. The van der Waals surface area contributed by atoms with Crippen LogP contribution in [-0.2, 0) is 20.0 Å². The number of nitrogens with zero attached hydrogens (tertiary/aromatic N) is 4. The van der Waals surface area contributed by atoms with Crippen molar-refractivity contribution in [2.45, 2.75) is 9.79 Å². The highest BCUT2D eigenvalue weighted by Crippen LogP contribution is 2.52. The molecule has 0 fully saturated rings. The monoisotopic (exact) mass is 684 g/mol. The minimum atomic E-state index is -4.04. The summed E-state index contributed by atoms with van der Waals surface area (Å²) in [6.45, 7) is 0. The molecule has 0 amide bonds. The first kappa shape index (κ1) is 32.3. The quantitative estimate of drug-likeness (QED) is 0.0896. The molecule has 0 aliphatic heterocycles. The van der Waals surface area contributed by atoms with E-state index in [1.807, 2.05) is 0 Å². The fraction of sp³-hybridized carbons (Fsp3) is 0. The van der Waals surface area contributed by atoms with E-state index in [0.29, 0.717) is 0 Å². The Hall–Kier alpha value is -6.09. The van der Waals surface area contributed by atoms with E-state index in [9.17, 15) is 52.3 Å². The highest BCUT2D eigenvalue weighted by atomic mass is 32.2. The van der Waals surface area contributed by atoms with Crippen molar-refractivity contribution in [2.24, 2.45) is 30.7 Å². The van der Waals surface area contributed by atoms with Crippen molar-refractivity contribution >= 4 is 53.8 Å². The normalized spacial score (nSPS) is 12.4. The van der Waals surface area contributed by atoms with Gasteiger partial charge in [0.05, 0.1) is 21.2 Å². The summed E-state index contributed by atoms with van der Waals surface area (Å²) in [5.41, 5.74) is -3.76. The predicted octanol–water partition coefficient (Wildman–Crippen LogP) is 3.82. The molecule has 0 bridgehead atoms. The van der Waals surface area contributed by atoms with Crippen LogP contribution < -0.4 is 15.7 Å². The number of nitrogens with two attached hydrogens (primary N) is 2. The van der Waals surface area contributed by atoms with Gasteiger partial charge in [-0.25, -0.2) is 27.1 Å². The Morgan fingerprint density at radius 2 is 1.02 bits per heavy atom. The van der Waals surface area contributed by atoms with Crippen LogP contribution in [0.5, 0.6) is 34.5 Å². The van der Waals surface area contributed by atoms with Gasteiger partial charge in [-0.3, -0.25) is 4.79 Å². The van der Waals surface area contributed by atoms with E-state index < -0.39 is 88.1 Å². The Kier molecular flexibility index (Phi) is 8.03. The minimum absolute atomic E-state index is 0.00544. The summed E-state index contributed by atoms with van der Waals surface area (Å²) < 4.78 is 51.9. The Labute approximate surface area is 262 Å². The van der Waals surface area contributed by atoms with Crippen molar-refractivity contribution in [1.29, 1.82) is 0 Å². The molecule has 4 aromatic carbocycles. The van der Waals surface area contributed by atoms with Crippen molar-refractivity contribution in [3.8, 4) is 45.8 Å². The molecule has 5 rings (SSSR count). The molecule has 10 N–H and O–H groups in total. The summed E-state index contributed by atoms with van der Waals surface area (Å²) in [5, 5.41) is 87.3. The number of primary sulfonamides is 2. The number of hydrogen-bond donors (Lipinski definition) is 8. The number of benzene rings is 4. The second-order valence-electron chi connectivity index (χ2n) is 9.55. The molecule has 0 aliphatic rings. The van der Waals surface area contributed by atoms with E-state index in [-0.39, 0.29) is 26.7 Å². The Morgan fingerprint density at radius 3 is 1.47 bits per heavy atom. The van der Waals surface area contributed by atoms with Crippen LogP contribution in [0.15, 0.2) is 100 Å². The first-order valence-corrected chi connectivity index (χ1v) is 15.7. The Morgan fingerprint density at radius 1 is 0.574 bits per heavy atom. The first-order valence-electron chi connectivity index (χ1n) is 12.6. The fourth-order valence-electron chi connectivity index (χ4n) is 4.10. The lowest BCUT2D eigenvalue weighted by Gasteiger charge is -2.12. The van der Waals surface area contributed by atoms with Crippen molar-refractivity contribution in [3.63, 3.8) is 0 Å². The van der Waals surface area contributed by atoms with Crippen LogP contribution in [-0.4, -0.2) is 47.5 Å². The first-order chi connectivity index (χ1) is 22.0. The number of phenolic OH excluding ortho intramolecular Hbond substituents is 5. The van der Waals surface area contributed by atoms with Gasteiger partial charge in [0.2, 0.25) is 31.2 Å². The molecule has 0 saturated heterocycles. The maximum Gasteiger partial charge on any atom is 0.238 e. The van der Waals surface area contributed by atoms with Gasteiger partial charge in [-0.05, 0) is 60.7 Å². The van der Waals surface area contributed by atoms with Gasteiger partial charge in [-0.2, -0.15) is 10.2 Å². The van der Waals surface area contributed by atoms with Crippen LogP contribution in [0.25, 0.3) is 22.3 Å². The second-order valence-corrected chi connectivity index (χ2v) is 12.7. The van der Waals surface area contributed by atoms with Gasteiger partial charge in [-0.1, -0.05) is 0 Å². The van der Waals surface area contributed by atoms with Crippen LogP contribution >= 0.6 is 0 Å². The summed E-state index contributed by atoms with van der Waals surface area (Å²) in [7, 11) is -8.07. The zero-order chi connectivity index (χ0) is 34.4. The third-order valence-electron chi connectivity index (χ3n) is 6.41. The van der Waals surface area contributed by atoms with E-state index >= 15 is 0 Å². The lowest BCUT2D eigenvalue weighted by atomic mass is 10.1. The van der Waals surface area contributed by atoms with E-state index in [0.717, 1.165) is 36.4 Å². The molecule has 18 nitrogen and oxygen atoms in total. The zero-order valence-corrected chi connectivity index (χ0v) is 24.8. The molecular formula is C27H20N6O12S2. The van der Waals surface area contributed by atoms with Gasteiger partial charge in [0, 0.05) is 5.56 Å². The van der Waals surface area contributed by atoms with Crippen molar-refractivity contribution in [1.82, 2.24) is 0 Å². The predicted molar refractivity (Wildman–Crippen MR) is 162 cm³/mol. The molecule has 0 aliphatic carbocycles. The maximum absolute atomic E-state index is 13.4. The van der Waals surface area contributed by atoms with E-state index in [4.69, 9.17) is 14.7 Å². The third kappa shape index (κ3) is 6.24. The number of fused-ring (bicyclic) bond motifs is 1. The van der Waals surface area contributed by atoms with Crippen LogP contribution in [0.3, 0.4) is 0 Å². The molecule has 0 spiro atoms. The Bertz CT molecular complexity index is 2400. The van der Waals surface area contributed by atoms with Crippen LogP contribution in [0, 0.1) is 0 Å². The molecule has 0 saturated carbocycles. The molecule has 47 heavy (non-hydrogen) atoms. The molecule has 0 unspecified atom stereocenters. The van der Waals surface area contributed by atoms with Gasteiger partial charge < -0.3 is 35.1 Å². The topological polar surface area (TPSA) is 321 Å². The summed E-state index contributed by atoms with van der Waals surface area (Å²) in [6.07, 6.45) is 0. The Balaban J connectivity index is 1.75. The number of aromatic hydroxyl groups is 6. The van der Waals surface area contributed by atoms with Gasteiger partial charge in [0.1, 0.15) is 5.39 Å². The van der Waals surface area contributed by atoms with Crippen LogP contribution in [0.1, 0.15) is 0 Å². The lowest BCUT2D eigenvalue weighted by molar-refractivity contribution is 0.368. The summed E-state index contributed by atoms with van der Waals surface area (Å²) in [4.78, 5) is 12.9. The third-order valence-corrected chi connectivity index (χ3v) is 8.26. The van der Waals surface area contributed by atoms with Crippen molar-refractivity contribution < 1.29 is 51.9 Å². The summed E-state index contributed by atoms with van der Waals surface area (Å²) in [6, 6.07) is 10.9. The number of azo groups is 2. The van der Waals surface area contributed by atoms with Crippen LogP contribution in [0.4, 0.5) is 22.7 Å². The number of phenols is 5. The van der Waals surface area contributed by atoms with E-state index in [2.05, 4.69) is 20.5 Å². The number of rotatable bonds is 7. The highest BCUT2D eigenvalue weighted by molar-refractivity contribution is 7.89. The molecule has 0 atom stereocenters. The lowest BCUT2D eigenvalue weighted by Crippen LogP contribution is -2.11. The largest absolute Gasteiger partial charge is 0.505 e. The SMILES string of the molecule is NS(=O)(=O)c1ccc(N=Nc2c(O)c(N=Nc3ccc(S(N)(=O)=O)cc3)c3oc(-c4cc(O)c(O)c(O)c4)c(O)c(=O)c3c2O)cc1. The number of hydrogen-bond acceptors (Lipinski definition) is 16. The van der Waals surface area contributed by atoms with E-state index in [1.54, 1.807) is 0 Å². The molecule has 1 aromatic heterocycles. The van der Waals surface area contributed by atoms with Gasteiger partial charge in [0.15, 0.2) is 51.5 Å². The molecule has 242 valence electrons. The van der Waals surface area contributed by atoms with Gasteiger partial charge in [0.25, 0.3) is 0 Å². The molecule has 1 heterocycles. The zero-order valence-electron chi connectivity index (χ0n) is 23.2. The smallest absolute Gasteiger partial charge is 0.238 e. The molecular weight excluding hydrogens is 664 g/mol. The fourth-order valence-corrected chi connectivity index (χ4v) is 5.13. The van der Waals surface area contributed by atoms with Crippen molar-refractivity contribution in [2.75, 3.05) is 0 Å². The number of sulfonamides is 2. The molecule has 20 heteroatoms. The molecule has 5 aromatic rings. The maximum atomic E-state index is 13.4. The molecule has 0 radical (unpaired) electrons. The summed E-state index contributed by atoms with van der Waals surface area (Å²) in [5.74, 6) is -6.50. The second kappa shape index (κ2) is 11.7.